The fourth-order valence-electron chi connectivity index (χ4n) is 2.80. The number of fused-ring (bicyclic) bond motifs is 1. The Bertz CT molecular complexity index is 1180. The van der Waals surface area contributed by atoms with Crippen LogP contribution in [0.1, 0.15) is 10.4 Å². The summed E-state index contributed by atoms with van der Waals surface area (Å²) in [6.45, 7) is 2.30. The van der Waals surface area contributed by atoms with Crippen molar-refractivity contribution in [1.82, 2.24) is 15.0 Å². The van der Waals surface area contributed by atoms with E-state index in [0.29, 0.717) is 23.2 Å². The maximum absolute atomic E-state index is 11.0. The van der Waals surface area contributed by atoms with Gasteiger partial charge in [-0.2, -0.15) is 0 Å². The molecule has 3 heterocycles. The Morgan fingerprint density at radius 3 is 2.86 bits per heavy atom. The third kappa shape index (κ3) is 3.51. The molecule has 140 valence electrons. The number of halogens is 1. The second-order valence-electron chi connectivity index (χ2n) is 6.07. The molecule has 1 N–H and O–H groups in total. The highest BCUT2D eigenvalue weighted by atomic mass is 35.5. The number of anilines is 1. The Balaban J connectivity index is 1.74. The normalized spacial score (nSPS) is 10.9. The summed E-state index contributed by atoms with van der Waals surface area (Å²) in [5.41, 5.74) is 1.62. The van der Waals surface area contributed by atoms with Crippen molar-refractivity contribution in [2.24, 2.45) is 0 Å². The minimum absolute atomic E-state index is 0.0487. The summed E-state index contributed by atoms with van der Waals surface area (Å²) < 4.78 is 0. The first kappa shape index (κ1) is 18.3. The molecule has 0 radical (unpaired) electrons. The van der Waals surface area contributed by atoms with Crippen LogP contribution in [-0.2, 0) is 6.54 Å². The summed E-state index contributed by atoms with van der Waals surface area (Å²) >= 11 is 7.98. The number of aromatic nitrogens is 3. The largest absolute Gasteiger partial charge is 0.365 e. The van der Waals surface area contributed by atoms with Gasteiger partial charge in [-0.15, -0.1) is 11.3 Å². The zero-order chi connectivity index (χ0) is 19.7. The number of rotatable bonds is 5. The van der Waals surface area contributed by atoms with Gasteiger partial charge in [0.2, 0.25) is 0 Å². The van der Waals surface area contributed by atoms with Gasteiger partial charge in [-0.1, -0.05) is 23.7 Å². The van der Waals surface area contributed by atoms with Gasteiger partial charge in [0.15, 0.2) is 5.82 Å². The van der Waals surface area contributed by atoms with Crippen LogP contribution in [0.15, 0.2) is 48.8 Å². The van der Waals surface area contributed by atoms with E-state index in [1.807, 2.05) is 25.1 Å². The van der Waals surface area contributed by atoms with Crippen molar-refractivity contribution in [2.75, 3.05) is 5.32 Å². The van der Waals surface area contributed by atoms with Crippen molar-refractivity contribution in [1.29, 1.82) is 0 Å². The molecule has 0 saturated heterocycles. The number of hydrogen-bond donors (Lipinski definition) is 1. The molecule has 0 saturated carbocycles. The van der Waals surface area contributed by atoms with Gasteiger partial charge in [-0.05, 0) is 24.6 Å². The number of nitro groups is 1. The number of hydrogen-bond acceptors (Lipinski definition) is 7. The molecule has 0 atom stereocenters. The molecule has 0 aliphatic heterocycles. The first-order valence-electron chi connectivity index (χ1n) is 8.37. The molecule has 0 unspecified atom stereocenters. The van der Waals surface area contributed by atoms with Gasteiger partial charge in [0.05, 0.1) is 15.3 Å². The summed E-state index contributed by atoms with van der Waals surface area (Å²) in [6.07, 6.45) is 3.39. The van der Waals surface area contributed by atoms with E-state index in [9.17, 15) is 10.1 Å². The topological polar surface area (TPSA) is 93.8 Å². The molecule has 7 nitrogen and oxygen atoms in total. The predicted octanol–water partition coefficient (Wildman–Crippen LogP) is 5.24. The number of pyridine rings is 1. The van der Waals surface area contributed by atoms with Gasteiger partial charge < -0.3 is 5.32 Å². The lowest BCUT2D eigenvalue weighted by Crippen LogP contribution is -2.04. The standard InChI is InChI=1S/C19H14ClN5O2S/c1-11-16(20)15-18(22-9-12-4-2-6-14(8-12)25(26)27)23-17(24-19(15)28-11)13-5-3-7-21-10-13/h2-8,10H,9H2,1H3,(H,22,23,24). The minimum Gasteiger partial charge on any atom is -0.365 e. The Kier molecular flexibility index (Phi) is 4.89. The highest BCUT2D eigenvalue weighted by Crippen LogP contribution is 2.38. The van der Waals surface area contributed by atoms with E-state index in [2.05, 4.69) is 20.3 Å². The van der Waals surface area contributed by atoms with Crippen LogP contribution in [0.25, 0.3) is 21.6 Å². The van der Waals surface area contributed by atoms with Gasteiger partial charge in [0, 0.05) is 41.5 Å². The molecule has 3 aromatic heterocycles. The number of nitro benzene ring substituents is 1. The molecule has 0 spiro atoms. The monoisotopic (exact) mass is 411 g/mol. The van der Waals surface area contributed by atoms with E-state index in [1.165, 1.54) is 23.5 Å². The Labute approximate surface area is 169 Å². The van der Waals surface area contributed by atoms with E-state index in [-0.39, 0.29) is 5.69 Å². The molecule has 0 aliphatic rings. The van der Waals surface area contributed by atoms with Crippen LogP contribution in [0.3, 0.4) is 0 Å². The fraction of sp³-hybridized carbons (Fsp3) is 0.105. The lowest BCUT2D eigenvalue weighted by molar-refractivity contribution is -0.384. The van der Waals surface area contributed by atoms with Crippen molar-refractivity contribution in [3.8, 4) is 11.4 Å². The molecular weight excluding hydrogens is 398 g/mol. The van der Waals surface area contributed by atoms with E-state index in [4.69, 9.17) is 11.6 Å². The van der Waals surface area contributed by atoms with Gasteiger partial charge in [0.1, 0.15) is 10.6 Å². The lowest BCUT2D eigenvalue weighted by atomic mass is 10.2. The summed E-state index contributed by atoms with van der Waals surface area (Å²) in [7, 11) is 0. The van der Waals surface area contributed by atoms with Gasteiger partial charge >= 0.3 is 0 Å². The third-order valence-electron chi connectivity index (χ3n) is 4.16. The second kappa shape index (κ2) is 7.49. The Morgan fingerprint density at radius 1 is 1.25 bits per heavy atom. The number of nitrogens with zero attached hydrogens (tertiary/aromatic N) is 4. The maximum atomic E-state index is 11.0. The number of nitrogens with one attached hydrogen (secondary N) is 1. The van der Waals surface area contributed by atoms with Gasteiger partial charge in [-0.3, -0.25) is 15.1 Å². The molecular formula is C19H14ClN5O2S. The second-order valence-corrected chi connectivity index (χ2v) is 7.65. The molecule has 9 heteroatoms. The smallest absolute Gasteiger partial charge is 0.269 e. The number of non-ortho nitro benzene ring substituents is 1. The quantitative estimate of drug-likeness (QED) is 0.356. The maximum Gasteiger partial charge on any atom is 0.269 e. The Hall–Kier alpha value is -3.10. The number of thiophene rings is 1. The molecule has 0 bridgehead atoms. The van der Waals surface area contributed by atoms with Crippen LogP contribution in [0.4, 0.5) is 11.5 Å². The average Bonchev–Trinajstić information content (AvgIpc) is 3.01. The van der Waals surface area contributed by atoms with Crippen LogP contribution in [0.5, 0.6) is 0 Å². The Morgan fingerprint density at radius 2 is 2.11 bits per heavy atom. The summed E-state index contributed by atoms with van der Waals surface area (Å²) in [6, 6.07) is 10.2. The molecule has 28 heavy (non-hydrogen) atoms. The molecule has 1 aromatic carbocycles. The van der Waals surface area contributed by atoms with Gasteiger partial charge in [-0.25, -0.2) is 9.97 Å². The molecule has 4 aromatic rings. The van der Waals surface area contributed by atoms with E-state index in [0.717, 1.165) is 26.2 Å². The summed E-state index contributed by atoms with van der Waals surface area (Å²) in [5, 5.41) is 15.6. The summed E-state index contributed by atoms with van der Waals surface area (Å²) in [5.74, 6) is 1.13. The van der Waals surface area contributed by atoms with Crippen molar-refractivity contribution in [3.63, 3.8) is 0 Å². The average molecular weight is 412 g/mol. The van der Waals surface area contributed by atoms with Crippen LogP contribution in [0.2, 0.25) is 5.02 Å². The van der Waals surface area contributed by atoms with Crippen LogP contribution in [-0.4, -0.2) is 19.9 Å². The van der Waals surface area contributed by atoms with Crippen LogP contribution >= 0.6 is 22.9 Å². The SMILES string of the molecule is Cc1sc2nc(-c3cccnc3)nc(NCc3cccc([N+](=O)[O-])c3)c2c1Cl. The molecule has 0 fully saturated rings. The van der Waals surface area contributed by atoms with E-state index in [1.54, 1.807) is 18.5 Å². The predicted molar refractivity (Wildman–Crippen MR) is 111 cm³/mol. The van der Waals surface area contributed by atoms with Gasteiger partial charge in [0.25, 0.3) is 5.69 Å². The third-order valence-corrected chi connectivity index (χ3v) is 5.74. The van der Waals surface area contributed by atoms with Crippen molar-refractivity contribution in [2.45, 2.75) is 13.5 Å². The highest BCUT2D eigenvalue weighted by molar-refractivity contribution is 7.19. The first-order chi connectivity index (χ1) is 13.5. The van der Waals surface area contributed by atoms with E-state index < -0.39 is 4.92 Å². The molecule has 0 aliphatic carbocycles. The minimum atomic E-state index is -0.411. The van der Waals surface area contributed by atoms with Crippen molar-refractivity contribution >= 4 is 44.7 Å². The molecule has 0 amide bonds. The van der Waals surface area contributed by atoms with Crippen molar-refractivity contribution < 1.29 is 4.92 Å². The van der Waals surface area contributed by atoms with Crippen LogP contribution in [0, 0.1) is 17.0 Å². The molecule has 4 rings (SSSR count). The van der Waals surface area contributed by atoms with Crippen LogP contribution < -0.4 is 5.32 Å². The first-order valence-corrected chi connectivity index (χ1v) is 9.56. The summed E-state index contributed by atoms with van der Waals surface area (Å²) in [4.78, 5) is 25.7. The lowest BCUT2D eigenvalue weighted by Gasteiger charge is -2.09. The highest BCUT2D eigenvalue weighted by Gasteiger charge is 2.17. The zero-order valence-corrected chi connectivity index (χ0v) is 16.3. The zero-order valence-electron chi connectivity index (χ0n) is 14.7. The fourth-order valence-corrected chi connectivity index (χ4v) is 4.06. The van der Waals surface area contributed by atoms with Crippen molar-refractivity contribution in [3.05, 3.63) is 74.4 Å². The number of aryl methyl sites for hydroxylation is 1. The van der Waals surface area contributed by atoms with E-state index >= 15 is 0 Å². The number of benzene rings is 1.